The van der Waals surface area contributed by atoms with Crippen LogP contribution < -0.4 is 10.1 Å². The second-order valence-corrected chi connectivity index (χ2v) is 7.23. The fraction of sp³-hybridized carbons (Fsp3) is 0.316. The largest absolute Gasteiger partial charge is 0.486 e. The summed E-state index contributed by atoms with van der Waals surface area (Å²) in [5.41, 5.74) is 1.84. The van der Waals surface area contributed by atoms with Crippen LogP contribution in [0.25, 0.3) is 0 Å². The van der Waals surface area contributed by atoms with E-state index in [0.29, 0.717) is 22.7 Å². The lowest BCUT2D eigenvalue weighted by Crippen LogP contribution is -2.05. The van der Waals surface area contributed by atoms with E-state index in [4.69, 9.17) is 33.0 Å². The van der Waals surface area contributed by atoms with Gasteiger partial charge in [0, 0.05) is 12.2 Å². The van der Waals surface area contributed by atoms with Crippen molar-refractivity contribution in [3.05, 3.63) is 57.3 Å². The molecule has 1 saturated carbocycles. The molecule has 2 N–H and O–H groups in total. The monoisotopic (exact) mass is 397 g/mol. The Balaban J connectivity index is 1.69. The van der Waals surface area contributed by atoms with Gasteiger partial charge in [0.2, 0.25) is 0 Å². The van der Waals surface area contributed by atoms with Gasteiger partial charge in [0.15, 0.2) is 5.75 Å². The second-order valence-electron chi connectivity index (χ2n) is 6.42. The highest BCUT2D eigenvalue weighted by Crippen LogP contribution is 2.35. The van der Waals surface area contributed by atoms with Crippen LogP contribution in [-0.2, 0) is 17.8 Å². The second kappa shape index (κ2) is 8.14. The van der Waals surface area contributed by atoms with Gasteiger partial charge in [-0.25, -0.2) is 4.39 Å². The molecule has 0 radical (unpaired) electrons. The van der Waals surface area contributed by atoms with Gasteiger partial charge in [-0.05, 0) is 60.2 Å². The first-order chi connectivity index (χ1) is 12.4. The molecule has 4 nitrogen and oxygen atoms in total. The summed E-state index contributed by atoms with van der Waals surface area (Å²) in [5, 5.41) is 12.5. The Morgan fingerprint density at radius 2 is 1.85 bits per heavy atom. The van der Waals surface area contributed by atoms with Crippen LogP contribution in [0, 0.1) is 11.7 Å². The Hall–Kier alpha value is -1.98. The highest BCUT2D eigenvalue weighted by molar-refractivity contribution is 6.37. The normalized spacial score (nSPS) is 13.5. The molecule has 0 amide bonds. The number of nitrogens with one attached hydrogen (secondary N) is 1. The lowest BCUT2D eigenvalue weighted by molar-refractivity contribution is -0.136. The molecular formula is C19H18Cl2FNO3. The van der Waals surface area contributed by atoms with Gasteiger partial charge >= 0.3 is 5.97 Å². The first-order valence-electron chi connectivity index (χ1n) is 8.26. The molecular weight excluding hydrogens is 380 g/mol. The van der Waals surface area contributed by atoms with Crippen molar-refractivity contribution in [1.29, 1.82) is 0 Å². The van der Waals surface area contributed by atoms with Crippen LogP contribution in [0.1, 0.15) is 24.0 Å². The number of benzene rings is 2. The molecule has 0 unspecified atom stereocenters. The lowest BCUT2D eigenvalue weighted by Gasteiger charge is -2.13. The topological polar surface area (TPSA) is 58.6 Å². The summed E-state index contributed by atoms with van der Waals surface area (Å²) in [4.78, 5) is 10.8. The first-order valence-corrected chi connectivity index (χ1v) is 9.02. The van der Waals surface area contributed by atoms with Crippen molar-refractivity contribution >= 4 is 34.9 Å². The summed E-state index contributed by atoms with van der Waals surface area (Å²) in [7, 11) is 0. The van der Waals surface area contributed by atoms with E-state index >= 15 is 0 Å². The molecule has 0 bridgehead atoms. The third kappa shape index (κ3) is 5.26. The molecule has 3 rings (SSSR count). The number of ether oxygens (including phenoxy) is 1. The Kier molecular flexibility index (Phi) is 5.89. The molecule has 0 atom stereocenters. The van der Waals surface area contributed by atoms with Crippen molar-refractivity contribution < 1.29 is 19.0 Å². The van der Waals surface area contributed by atoms with Crippen LogP contribution in [0.2, 0.25) is 10.0 Å². The third-order valence-corrected chi connectivity index (χ3v) is 4.61. The summed E-state index contributed by atoms with van der Waals surface area (Å²) in [6.45, 7) is 0.931. The number of rotatable bonds is 8. The molecule has 138 valence electrons. The Bertz CT molecular complexity index is 801. The summed E-state index contributed by atoms with van der Waals surface area (Å²) >= 11 is 12.3. The number of hydrogen-bond acceptors (Lipinski definition) is 3. The quantitative estimate of drug-likeness (QED) is 0.645. The minimum Gasteiger partial charge on any atom is -0.486 e. The van der Waals surface area contributed by atoms with Gasteiger partial charge in [0.1, 0.15) is 12.4 Å². The van der Waals surface area contributed by atoms with Crippen molar-refractivity contribution in [3.8, 4) is 5.75 Å². The zero-order valence-corrected chi connectivity index (χ0v) is 15.4. The lowest BCUT2D eigenvalue weighted by atomic mass is 10.1. The van der Waals surface area contributed by atoms with Crippen molar-refractivity contribution in [1.82, 2.24) is 0 Å². The van der Waals surface area contributed by atoms with Crippen LogP contribution >= 0.6 is 23.2 Å². The molecule has 1 aliphatic rings. The highest BCUT2D eigenvalue weighted by Gasteiger charge is 2.20. The number of carboxylic acid groups (broad SMARTS) is 1. The van der Waals surface area contributed by atoms with Crippen LogP contribution in [0.5, 0.6) is 5.75 Å². The summed E-state index contributed by atoms with van der Waals surface area (Å²) < 4.78 is 19.5. The van der Waals surface area contributed by atoms with E-state index in [-0.39, 0.29) is 34.6 Å². The van der Waals surface area contributed by atoms with Gasteiger partial charge in [0.05, 0.1) is 16.5 Å². The summed E-state index contributed by atoms with van der Waals surface area (Å²) in [5.74, 6) is -0.394. The molecule has 7 heteroatoms. The van der Waals surface area contributed by atoms with Gasteiger partial charge in [-0.2, -0.15) is 0 Å². The minimum absolute atomic E-state index is 0.0909. The summed E-state index contributed by atoms with van der Waals surface area (Å²) in [6.07, 6.45) is 2.25. The molecule has 1 fully saturated rings. The van der Waals surface area contributed by atoms with Gasteiger partial charge in [-0.1, -0.05) is 23.2 Å². The first kappa shape index (κ1) is 18.8. The van der Waals surface area contributed by atoms with E-state index in [1.54, 1.807) is 0 Å². The van der Waals surface area contributed by atoms with Gasteiger partial charge in [-0.3, -0.25) is 4.79 Å². The predicted octanol–water partition coefficient (Wildman–Crippen LogP) is 5.16. The van der Waals surface area contributed by atoms with Crippen LogP contribution in [0.15, 0.2) is 30.3 Å². The Morgan fingerprint density at radius 1 is 1.15 bits per heavy atom. The van der Waals surface area contributed by atoms with Gasteiger partial charge in [-0.15, -0.1) is 0 Å². The third-order valence-electron chi connectivity index (χ3n) is 4.05. The molecule has 0 aromatic heterocycles. The maximum Gasteiger partial charge on any atom is 0.307 e. The van der Waals surface area contributed by atoms with Crippen molar-refractivity contribution in [2.75, 3.05) is 11.9 Å². The maximum absolute atomic E-state index is 13.8. The van der Waals surface area contributed by atoms with Crippen molar-refractivity contribution in [2.45, 2.75) is 25.9 Å². The zero-order valence-electron chi connectivity index (χ0n) is 13.9. The standard InChI is InChI=1S/C19H18Cl2FNO3/c20-16-5-12(7-18(24)25)6-17(21)19(16)26-10-13-3-14(22)8-15(4-13)23-9-11-1-2-11/h3-6,8,11,23H,1-2,7,9-10H2,(H,24,25). The van der Waals surface area contributed by atoms with Crippen LogP contribution in [0.4, 0.5) is 10.1 Å². The van der Waals surface area contributed by atoms with Crippen molar-refractivity contribution in [3.63, 3.8) is 0 Å². The maximum atomic E-state index is 13.8. The van der Waals surface area contributed by atoms with Crippen molar-refractivity contribution in [2.24, 2.45) is 5.92 Å². The number of carboxylic acids is 1. The number of halogens is 3. The molecule has 1 aliphatic carbocycles. The van der Waals surface area contributed by atoms with E-state index in [2.05, 4.69) is 5.32 Å². The Morgan fingerprint density at radius 3 is 2.46 bits per heavy atom. The van der Waals surface area contributed by atoms with Gasteiger partial charge < -0.3 is 15.2 Å². The molecule has 26 heavy (non-hydrogen) atoms. The molecule has 2 aromatic rings. The fourth-order valence-corrected chi connectivity index (χ4v) is 3.24. The van der Waals surface area contributed by atoms with E-state index in [9.17, 15) is 9.18 Å². The van der Waals surface area contributed by atoms with Gasteiger partial charge in [0.25, 0.3) is 0 Å². The molecule has 0 saturated heterocycles. The smallest absolute Gasteiger partial charge is 0.307 e. The average Bonchev–Trinajstić information content (AvgIpc) is 3.35. The van der Waals surface area contributed by atoms with Crippen LogP contribution in [0.3, 0.4) is 0 Å². The predicted molar refractivity (Wildman–Crippen MR) is 99.7 cm³/mol. The van der Waals surface area contributed by atoms with E-state index < -0.39 is 5.97 Å². The molecule has 0 heterocycles. The van der Waals surface area contributed by atoms with E-state index in [0.717, 1.165) is 6.54 Å². The van der Waals surface area contributed by atoms with Crippen LogP contribution in [-0.4, -0.2) is 17.6 Å². The molecule has 0 aliphatic heterocycles. The highest BCUT2D eigenvalue weighted by atomic mass is 35.5. The van der Waals surface area contributed by atoms with E-state index in [1.807, 2.05) is 6.07 Å². The zero-order chi connectivity index (χ0) is 18.7. The fourth-order valence-electron chi connectivity index (χ4n) is 2.60. The van der Waals surface area contributed by atoms with E-state index in [1.165, 1.54) is 37.1 Å². The molecule has 0 spiro atoms. The SMILES string of the molecule is O=C(O)Cc1cc(Cl)c(OCc2cc(F)cc(NCC3CC3)c2)c(Cl)c1. The summed E-state index contributed by atoms with van der Waals surface area (Å²) in [6, 6.07) is 7.68. The number of aliphatic carboxylic acids is 1. The molecule has 2 aromatic carbocycles. The Labute approximate surface area is 160 Å². The average molecular weight is 398 g/mol. The number of carbonyl (C=O) groups is 1. The minimum atomic E-state index is -0.975. The number of anilines is 1. The number of hydrogen-bond donors (Lipinski definition) is 2.